The Balaban J connectivity index is 1.64. The lowest BCUT2D eigenvalue weighted by molar-refractivity contribution is -0.386. The molecule has 0 saturated carbocycles. The van der Waals surface area contributed by atoms with Crippen molar-refractivity contribution in [3.05, 3.63) is 73.4 Å². The second-order valence-corrected chi connectivity index (χ2v) is 7.32. The maximum absolute atomic E-state index is 12.8. The molecule has 3 rings (SSSR count). The number of alkyl halides is 3. The van der Waals surface area contributed by atoms with Crippen molar-refractivity contribution >= 4 is 28.9 Å². The number of hydrogen-bond acceptors (Lipinski definition) is 6. The number of hydrogen-bond donors (Lipinski definition) is 0. The fraction of sp³-hybridized carbons (Fsp3) is 0.250. The van der Waals surface area contributed by atoms with Crippen molar-refractivity contribution in [2.24, 2.45) is 0 Å². The van der Waals surface area contributed by atoms with Crippen LogP contribution in [-0.4, -0.2) is 23.3 Å². The van der Waals surface area contributed by atoms with Gasteiger partial charge in [0.15, 0.2) is 5.75 Å². The van der Waals surface area contributed by atoms with Crippen LogP contribution in [0, 0.1) is 17.0 Å². The first-order chi connectivity index (χ1) is 15.1. The number of ether oxygens (including phenoxy) is 2. The summed E-state index contributed by atoms with van der Waals surface area (Å²) in [5.74, 6) is 0.187. The van der Waals surface area contributed by atoms with Gasteiger partial charge in [0.25, 0.3) is 0 Å². The highest BCUT2D eigenvalue weighted by Gasteiger charge is 2.33. The number of aryl methyl sites for hydroxylation is 1. The number of nitro groups is 1. The Bertz CT molecular complexity index is 1110. The predicted octanol–water partition coefficient (Wildman–Crippen LogP) is 6.48. The van der Waals surface area contributed by atoms with Crippen LogP contribution < -0.4 is 4.74 Å². The molecule has 2 aromatic carbocycles. The van der Waals surface area contributed by atoms with Crippen LogP contribution in [-0.2, 0) is 17.5 Å². The monoisotopic (exact) mass is 490 g/mol. The fourth-order valence-corrected chi connectivity index (χ4v) is 3.40. The third-order valence-corrected chi connectivity index (χ3v) is 5.03. The molecule has 0 N–H and O–H groups in total. The van der Waals surface area contributed by atoms with E-state index in [4.69, 9.17) is 37.2 Å². The molecule has 3 aromatic rings. The number of nitrogens with zero attached hydrogens (tertiary/aromatic N) is 2. The van der Waals surface area contributed by atoms with Crippen molar-refractivity contribution in [2.45, 2.75) is 19.7 Å². The lowest BCUT2D eigenvalue weighted by Crippen LogP contribution is -2.10. The Morgan fingerprint density at radius 1 is 1.16 bits per heavy atom. The van der Waals surface area contributed by atoms with Crippen molar-refractivity contribution in [3.63, 3.8) is 0 Å². The van der Waals surface area contributed by atoms with Crippen LogP contribution in [0.1, 0.15) is 16.9 Å². The summed E-state index contributed by atoms with van der Waals surface area (Å²) in [6, 6.07) is 7.04. The molecule has 1 heterocycles. The topological polar surface area (TPSA) is 87.6 Å². The van der Waals surface area contributed by atoms with E-state index in [9.17, 15) is 23.3 Å². The summed E-state index contributed by atoms with van der Waals surface area (Å²) in [5, 5.41) is 15.8. The molecule has 12 heteroatoms. The van der Waals surface area contributed by atoms with Gasteiger partial charge in [-0.3, -0.25) is 10.1 Å². The summed E-state index contributed by atoms with van der Waals surface area (Å²) in [4.78, 5) is 10.2. The third kappa shape index (κ3) is 5.32. The largest absolute Gasteiger partial charge is 0.484 e. The normalized spacial score (nSPS) is 11.6. The smallest absolute Gasteiger partial charge is 0.416 e. The Hall–Kier alpha value is -2.82. The molecule has 0 fully saturated rings. The van der Waals surface area contributed by atoms with Crippen LogP contribution in [0.4, 0.5) is 18.9 Å². The van der Waals surface area contributed by atoms with Crippen LogP contribution in [0.3, 0.4) is 0 Å². The summed E-state index contributed by atoms with van der Waals surface area (Å²) < 4.78 is 54.3. The Morgan fingerprint density at radius 3 is 2.47 bits per heavy atom. The number of nitro benzene ring substituents is 1. The Kier molecular flexibility index (Phi) is 7.27. The molecule has 0 aliphatic carbocycles. The SMILES string of the molecule is Cc1onc(-c2c(Cl)cccc2Cl)c1COCCOc1ccc(C(F)(F)F)cc1[N+](=O)[O-]. The molecule has 0 radical (unpaired) electrons. The van der Waals surface area contributed by atoms with Gasteiger partial charge in [-0.25, -0.2) is 0 Å². The van der Waals surface area contributed by atoms with Gasteiger partial charge >= 0.3 is 11.9 Å². The summed E-state index contributed by atoms with van der Waals surface area (Å²) in [5.41, 5.74) is -0.423. The zero-order chi connectivity index (χ0) is 23.5. The zero-order valence-corrected chi connectivity index (χ0v) is 17.9. The van der Waals surface area contributed by atoms with Gasteiger partial charge in [0.05, 0.1) is 33.7 Å². The molecule has 0 spiro atoms. The molecule has 0 atom stereocenters. The van der Waals surface area contributed by atoms with Gasteiger partial charge in [-0.2, -0.15) is 13.2 Å². The standard InChI is InChI=1S/C20H15Cl2F3N2O5/c1-11-13(19(26-32-11)18-14(21)3-2-4-15(18)22)10-30-7-8-31-17-6-5-12(20(23,24)25)9-16(17)27(28)29/h2-6,9H,7-8,10H2,1H3. The Labute approximate surface area is 189 Å². The van der Waals surface area contributed by atoms with Crippen molar-refractivity contribution in [3.8, 4) is 17.0 Å². The third-order valence-electron chi connectivity index (χ3n) is 4.40. The maximum atomic E-state index is 12.8. The molecule has 0 aliphatic heterocycles. The highest BCUT2D eigenvalue weighted by molar-refractivity contribution is 6.39. The number of rotatable bonds is 8. The van der Waals surface area contributed by atoms with Crippen LogP contribution >= 0.6 is 23.2 Å². The zero-order valence-electron chi connectivity index (χ0n) is 16.4. The summed E-state index contributed by atoms with van der Waals surface area (Å²) >= 11 is 12.4. The molecule has 0 bridgehead atoms. The average Bonchev–Trinajstić information content (AvgIpc) is 3.07. The minimum Gasteiger partial charge on any atom is -0.484 e. The van der Waals surface area contributed by atoms with Gasteiger partial charge in [0.2, 0.25) is 0 Å². The first-order valence-electron chi connectivity index (χ1n) is 9.05. The maximum Gasteiger partial charge on any atom is 0.416 e. The second-order valence-electron chi connectivity index (χ2n) is 6.50. The van der Waals surface area contributed by atoms with E-state index < -0.39 is 22.4 Å². The molecule has 1 aromatic heterocycles. The highest BCUT2D eigenvalue weighted by Crippen LogP contribution is 2.37. The van der Waals surface area contributed by atoms with E-state index in [0.29, 0.717) is 44.8 Å². The van der Waals surface area contributed by atoms with Crippen LogP contribution in [0.2, 0.25) is 10.0 Å². The minimum absolute atomic E-state index is 0.0154. The van der Waals surface area contributed by atoms with Crippen molar-refractivity contribution in [1.29, 1.82) is 0 Å². The van der Waals surface area contributed by atoms with Gasteiger partial charge in [0.1, 0.15) is 18.1 Å². The van der Waals surface area contributed by atoms with Gasteiger partial charge in [0, 0.05) is 17.2 Å². The number of halogens is 5. The van der Waals surface area contributed by atoms with E-state index in [0.717, 1.165) is 6.07 Å². The fourth-order valence-electron chi connectivity index (χ4n) is 2.82. The number of aromatic nitrogens is 1. The van der Waals surface area contributed by atoms with Gasteiger partial charge < -0.3 is 14.0 Å². The van der Waals surface area contributed by atoms with E-state index in [1.165, 1.54) is 0 Å². The van der Waals surface area contributed by atoms with Crippen LogP contribution in [0.25, 0.3) is 11.3 Å². The predicted molar refractivity (Wildman–Crippen MR) is 110 cm³/mol. The molecule has 7 nitrogen and oxygen atoms in total. The summed E-state index contributed by atoms with van der Waals surface area (Å²) in [6.07, 6.45) is -4.70. The molecule has 32 heavy (non-hydrogen) atoms. The van der Waals surface area contributed by atoms with Crippen molar-refractivity contribution in [1.82, 2.24) is 5.16 Å². The van der Waals surface area contributed by atoms with Crippen molar-refractivity contribution < 1.29 is 32.1 Å². The van der Waals surface area contributed by atoms with Gasteiger partial charge in [-0.15, -0.1) is 0 Å². The van der Waals surface area contributed by atoms with Crippen molar-refractivity contribution in [2.75, 3.05) is 13.2 Å². The summed E-state index contributed by atoms with van der Waals surface area (Å²) in [7, 11) is 0. The molecule has 0 unspecified atom stereocenters. The van der Waals surface area contributed by atoms with Gasteiger partial charge in [-0.05, 0) is 31.2 Å². The average molecular weight is 491 g/mol. The number of benzene rings is 2. The van der Waals surface area contributed by atoms with E-state index in [1.54, 1.807) is 25.1 Å². The molecule has 0 saturated heterocycles. The van der Waals surface area contributed by atoms with E-state index in [1.807, 2.05) is 0 Å². The molecule has 0 amide bonds. The lowest BCUT2D eigenvalue weighted by Gasteiger charge is -2.11. The first-order valence-corrected chi connectivity index (χ1v) is 9.81. The van der Waals surface area contributed by atoms with E-state index >= 15 is 0 Å². The first kappa shape index (κ1) is 23.8. The van der Waals surface area contributed by atoms with Crippen LogP contribution in [0.5, 0.6) is 5.75 Å². The lowest BCUT2D eigenvalue weighted by atomic mass is 10.1. The highest BCUT2D eigenvalue weighted by atomic mass is 35.5. The molecular formula is C20H15Cl2F3N2O5. The molecular weight excluding hydrogens is 476 g/mol. The molecule has 170 valence electrons. The quantitative estimate of drug-likeness (QED) is 0.204. The van der Waals surface area contributed by atoms with Gasteiger partial charge in [-0.1, -0.05) is 34.4 Å². The Morgan fingerprint density at radius 2 is 1.84 bits per heavy atom. The minimum atomic E-state index is -4.70. The van der Waals surface area contributed by atoms with Crippen LogP contribution in [0.15, 0.2) is 40.9 Å². The second kappa shape index (κ2) is 9.76. The van der Waals surface area contributed by atoms with E-state index in [-0.39, 0.29) is 25.6 Å². The van der Waals surface area contributed by atoms with E-state index in [2.05, 4.69) is 5.16 Å². The molecule has 0 aliphatic rings. The summed E-state index contributed by atoms with van der Waals surface area (Å²) in [6.45, 7) is 1.57.